The van der Waals surface area contributed by atoms with Gasteiger partial charge in [-0.2, -0.15) is 13.2 Å². The van der Waals surface area contributed by atoms with Gasteiger partial charge in [0, 0.05) is 38.8 Å². The van der Waals surface area contributed by atoms with Crippen molar-refractivity contribution in [2.75, 3.05) is 7.05 Å². The number of esters is 1. The van der Waals surface area contributed by atoms with Gasteiger partial charge in [0.2, 0.25) is 17.6 Å². The molecule has 0 unspecified atom stereocenters. The highest BCUT2D eigenvalue weighted by Gasteiger charge is 2.57. The third-order valence-electron chi connectivity index (χ3n) is 9.46. The third-order valence-corrected chi connectivity index (χ3v) is 9.46. The number of aromatic amines is 1. The molecule has 46 heavy (non-hydrogen) atoms. The normalized spacial score (nSPS) is 21.2. The molecule has 244 valence electrons. The Kier molecular flexibility index (Phi) is 7.55. The molecule has 1 aromatic carbocycles. The van der Waals surface area contributed by atoms with Crippen LogP contribution in [0.3, 0.4) is 0 Å². The van der Waals surface area contributed by atoms with E-state index in [1.807, 2.05) is 0 Å². The van der Waals surface area contributed by atoms with Gasteiger partial charge in [-0.25, -0.2) is 19.2 Å². The molecule has 4 aliphatic rings. The first kappa shape index (κ1) is 31.4. The molecule has 2 bridgehead atoms. The standard InChI is InChI=1S/C31H32F4N6O5/c1-16-12-19(4-5-21(16)32)13-20-14-36-24(37-20)22-23(46-28(45)31(33,34)35)25(43)41-15-18-6-8-29(9-7-18,26(41)38-22)39-27(44)30(10-11-30)40(3)17(2)42/h4-5,12,14,18H,6-11,13,15H2,1-3H3,(H,36,37)(H,39,44). The third kappa shape index (κ3) is 5.45. The van der Waals surface area contributed by atoms with Gasteiger partial charge in [0.05, 0.1) is 5.54 Å². The molecule has 7 rings (SSSR count). The topological polar surface area (TPSA) is 139 Å². The molecular weight excluding hydrogens is 612 g/mol. The number of carbonyl (C=O) groups excluding carboxylic acids is 3. The molecule has 2 aliphatic carbocycles. The van der Waals surface area contributed by atoms with E-state index in [1.54, 1.807) is 26.1 Å². The van der Waals surface area contributed by atoms with Crippen molar-refractivity contribution in [1.82, 2.24) is 29.7 Å². The molecule has 11 nitrogen and oxygen atoms in total. The fourth-order valence-electron chi connectivity index (χ4n) is 6.56. The minimum atomic E-state index is -5.40. The summed E-state index contributed by atoms with van der Waals surface area (Å²) in [5.74, 6) is -4.66. The monoisotopic (exact) mass is 644 g/mol. The Morgan fingerprint density at radius 2 is 1.87 bits per heavy atom. The first-order valence-electron chi connectivity index (χ1n) is 14.9. The summed E-state index contributed by atoms with van der Waals surface area (Å²) in [5.41, 5.74) is -2.05. The van der Waals surface area contributed by atoms with Crippen LogP contribution in [0.1, 0.15) is 68.1 Å². The number of rotatable bonds is 7. The fraction of sp³-hybridized carbons (Fsp3) is 0.484. The number of nitrogens with one attached hydrogen (secondary N) is 2. The van der Waals surface area contributed by atoms with Crippen LogP contribution in [-0.4, -0.2) is 61.0 Å². The summed E-state index contributed by atoms with van der Waals surface area (Å²) in [4.78, 5) is 65.2. The van der Waals surface area contributed by atoms with Crippen LogP contribution in [-0.2, 0) is 32.9 Å². The van der Waals surface area contributed by atoms with Crippen LogP contribution < -0.4 is 15.6 Å². The number of fused-ring (bicyclic) bond motifs is 2. The van der Waals surface area contributed by atoms with E-state index >= 15 is 0 Å². The number of imidazole rings is 1. The zero-order valence-corrected chi connectivity index (χ0v) is 25.4. The number of nitrogens with zero attached hydrogens (tertiary/aromatic N) is 4. The van der Waals surface area contributed by atoms with Crippen LogP contribution in [0.2, 0.25) is 0 Å². The van der Waals surface area contributed by atoms with Gasteiger partial charge >= 0.3 is 12.1 Å². The van der Waals surface area contributed by atoms with Gasteiger partial charge in [0.15, 0.2) is 11.5 Å². The number of hydrogen-bond donors (Lipinski definition) is 2. The van der Waals surface area contributed by atoms with Crippen molar-refractivity contribution in [2.45, 2.75) is 82.6 Å². The van der Waals surface area contributed by atoms with E-state index in [-0.39, 0.29) is 42.3 Å². The summed E-state index contributed by atoms with van der Waals surface area (Å²) in [6, 6.07) is 4.53. The second-order valence-electron chi connectivity index (χ2n) is 12.5. The molecule has 0 saturated heterocycles. The molecule has 2 N–H and O–H groups in total. The number of alkyl halides is 3. The van der Waals surface area contributed by atoms with Crippen molar-refractivity contribution in [3.8, 4) is 17.3 Å². The van der Waals surface area contributed by atoms with E-state index < -0.39 is 46.1 Å². The lowest BCUT2D eigenvalue weighted by molar-refractivity contribution is -0.189. The summed E-state index contributed by atoms with van der Waals surface area (Å²) in [6.07, 6.45) is -0.890. The van der Waals surface area contributed by atoms with E-state index in [0.717, 1.165) is 5.56 Å². The average molecular weight is 645 g/mol. The molecule has 2 fully saturated rings. The number of ether oxygens (including phenoxy) is 1. The number of aromatic nitrogens is 4. The Morgan fingerprint density at radius 1 is 1.17 bits per heavy atom. The second-order valence-corrected chi connectivity index (χ2v) is 12.5. The van der Waals surface area contributed by atoms with Crippen molar-refractivity contribution in [1.29, 1.82) is 0 Å². The van der Waals surface area contributed by atoms with Crippen molar-refractivity contribution in [3.63, 3.8) is 0 Å². The maximum Gasteiger partial charge on any atom is 0.491 e. The Hall–Kier alpha value is -4.56. The van der Waals surface area contributed by atoms with Gasteiger partial charge < -0.3 is 19.9 Å². The molecule has 2 aliphatic heterocycles. The van der Waals surface area contributed by atoms with Gasteiger partial charge in [-0.15, -0.1) is 0 Å². The molecule has 0 radical (unpaired) electrons. The van der Waals surface area contributed by atoms with Crippen LogP contribution in [0.4, 0.5) is 17.6 Å². The lowest BCUT2D eigenvalue weighted by Crippen LogP contribution is -2.57. The van der Waals surface area contributed by atoms with E-state index in [1.165, 1.54) is 28.7 Å². The molecule has 2 amide bonds. The smallest absolute Gasteiger partial charge is 0.411 e. The van der Waals surface area contributed by atoms with Gasteiger partial charge in [-0.3, -0.25) is 19.0 Å². The van der Waals surface area contributed by atoms with E-state index in [4.69, 9.17) is 4.74 Å². The predicted octanol–water partition coefficient (Wildman–Crippen LogP) is 3.67. The summed E-state index contributed by atoms with van der Waals surface area (Å²) in [5, 5.41) is 3.09. The van der Waals surface area contributed by atoms with E-state index in [9.17, 15) is 36.7 Å². The quantitative estimate of drug-likeness (QED) is 0.296. The Labute approximate surface area is 260 Å². The van der Waals surface area contributed by atoms with Crippen LogP contribution in [0.25, 0.3) is 11.5 Å². The zero-order chi connectivity index (χ0) is 33.2. The van der Waals surface area contributed by atoms with Gasteiger partial charge in [0.1, 0.15) is 17.2 Å². The van der Waals surface area contributed by atoms with E-state index in [2.05, 4.69) is 20.3 Å². The molecule has 0 atom stereocenters. The highest BCUT2D eigenvalue weighted by molar-refractivity contribution is 5.94. The first-order valence-corrected chi connectivity index (χ1v) is 14.9. The van der Waals surface area contributed by atoms with Crippen molar-refractivity contribution >= 4 is 17.8 Å². The Balaban J connectivity index is 1.46. The van der Waals surface area contributed by atoms with Gasteiger partial charge in [-0.05, 0) is 68.6 Å². The highest BCUT2D eigenvalue weighted by Crippen LogP contribution is 2.47. The van der Waals surface area contributed by atoms with Gasteiger partial charge in [0.25, 0.3) is 5.56 Å². The van der Waals surface area contributed by atoms with Crippen molar-refractivity contribution in [3.05, 3.63) is 63.2 Å². The van der Waals surface area contributed by atoms with Gasteiger partial charge in [-0.1, -0.05) is 12.1 Å². The molecule has 3 aromatic rings. The maximum absolute atomic E-state index is 14.0. The van der Waals surface area contributed by atoms with Crippen molar-refractivity contribution in [2.24, 2.45) is 5.92 Å². The SMILES string of the molecule is CC(=O)N(C)C1(C(=O)NC23CCC(CC2)Cn2c3nc(-c3ncc(Cc4ccc(F)c(C)c4)[nH]3)c(OC(=O)C(F)(F)F)c2=O)CC1. The number of carbonyl (C=O) groups is 3. The number of hydrogen-bond acceptors (Lipinski definition) is 7. The van der Waals surface area contributed by atoms with Crippen LogP contribution in [0.15, 0.2) is 29.2 Å². The molecule has 2 saturated carbocycles. The maximum atomic E-state index is 14.0. The largest absolute Gasteiger partial charge is 0.491 e. The van der Waals surface area contributed by atoms with Crippen LogP contribution in [0, 0.1) is 18.7 Å². The number of halogens is 4. The summed E-state index contributed by atoms with van der Waals surface area (Å²) in [7, 11) is 1.55. The lowest BCUT2D eigenvalue weighted by Gasteiger charge is -2.39. The van der Waals surface area contributed by atoms with Crippen molar-refractivity contribution < 1.29 is 36.7 Å². The summed E-state index contributed by atoms with van der Waals surface area (Å²) >= 11 is 0. The average Bonchev–Trinajstić information content (AvgIpc) is 3.74. The number of aryl methyl sites for hydroxylation is 1. The first-order chi connectivity index (χ1) is 21.6. The zero-order valence-electron chi connectivity index (χ0n) is 25.4. The van der Waals surface area contributed by atoms with Crippen LogP contribution in [0.5, 0.6) is 5.75 Å². The predicted molar refractivity (Wildman–Crippen MR) is 154 cm³/mol. The number of amides is 2. The van der Waals surface area contributed by atoms with Crippen LogP contribution >= 0.6 is 0 Å². The number of benzene rings is 1. The Bertz CT molecular complexity index is 1800. The molecule has 15 heteroatoms. The second kappa shape index (κ2) is 11.1. The Morgan fingerprint density at radius 3 is 2.48 bits per heavy atom. The highest BCUT2D eigenvalue weighted by atomic mass is 19.4. The molecule has 2 aromatic heterocycles. The molecule has 4 heterocycles. The summed E-state index contributed by atoms with van der Waals surface area (Å²) in [6.45, 7) is 3.07. The minimum Gasteiger partial charge on any atom is -0.411 e. The lowest BCUT2D eigenvalue weighted by atomic mass is 9.77. The summed E-state index contributed by atoms with van der Waals surface area (Å²) < 4.78 is 59.8. The molecule has 0 spiro atoms. The fourth-order valence-corrected chi connectivity index (χ4v) is 6.56. The minimum absolute atomic E-state index is 0.0352. The van der Waals surface area contributed by atoms with E-state index in [0.29, 0.717) is 49.8 Å². The molecular formula is C31H32F4N6O5. The number of likely N-dealkylation sites (N-methyl/N-ethyl adjacent to an activating group) is 1. The number of H-pyrrole nitrogens is 1.